The van der Waals surface area contributed by atoms with Gasteiger partial charge < -0.3 is 5.32 Å². The lowest BCUT2D eigenvalue weighted by atomic mass is 10.1. The first-order valence-corrected chi connectivity index (χ1v) is 7.76. The average molecular weight is 258 g/mol. The van der Waals surface area contributed by atoms with Gasteiger partial charge in [0.1, 0.15) is 0 Å². The molecule has 1 saturated carbocycles. The van der Waals surface area contributed by atoms with Crippen LogP contribution in [-0.4, -0.2) is 23.5 Å². The van der Waals surface area contributed by atoms with Crippen LogP contribution < -0.4 is 5.32 Å². The molecule has 0 spiro atoms. The number of nitrogens with one attached hydrogen (secondary N) is 1. The third kappa shape index (κ3) is 3.58. The number of hydrogen-bond donors (Lipinski definition) is 1. The zero-order valence-corrected chi connectivity index (χ0v) is 12.2. The Hall–Kier alpha value is -0.860. The SMILES string of the molecule is CC1CC(C)N(Cc2ccc(CNC3CC3)cc2)C1. The Kier molecular flexibility index (Phi) is 3.90. The number of benzene rings is 1. The second kappa shape index (κ2) is 5.64. The second-order valence-electron chi connectivity index (χ2n) is 6.59. The molecule has 0 radical (unpaired) electrons. The summed E-state index contributed by atoms with van der Waals surface area (Å²) in [5, 5.41) is 3.57. The Morgan fingerprint density at radius 1 is 1.11 bits per heavy atom. The van der Waals surface area contributed by atoms with E-state index in [2.05, 4.69) is 48.3 Å². The van der Waals surface area contributed by atoms with Crippen LogP contribution in [0.25, 0.3) is 0 Å². The molecule has 0 bridgehead atoms. The van der Waals surface area contributed by atoms with E-state index in [0.29, 0.717) is 0 Å². The largest absolute Gasteiger partial charge is 0.310 e. The molecule has 1 aliphatic carbocycles. The Labute approximate surface area is 117 Å². The molecule has 1 heterocycles. The maximum absolute atomic E-state index is 3.57. The summed E-state index contributed by atoms with van der Waals surface area (Å²) in [4.78, 5) is 2.61. The zero-order valence-electron chi connectivity index (χ0n) is 12.2. The minimum atomic E-state index is 0.742. The Balaban J connectivity index is 1.53. The topological polar surface area (TPSA) is 15.3 Å². The van der Waals surface area contributed by atoms with Crippen LogP contribution in [0.3, 0.4) is 0 Å². The summed E-state index contributed by atoms with van der Waals surface area (Å²) in [7, 11) is 0. The Morgan fingerprint density at radius 3 is 2.37 bits per heavy atom. The van der Waals surface area contributed by atoms with Crippen molar-refractivity contribution in [1.29, 1.82) is 0 Å². The smallest absolute Gasteiger partial charge is 0.0236 e. The average Bonchev–Trinajstić information content (AvgIpc) is 3.16. The normalized spacial score (nSPS) is 27.9. The van der Waals surface area contributed by atoms with Crippen molar-refractivity contribution in [2.75, 3.05) is 6.54 Å². The van der Waals surface area contributed by atoms with Gasteiger partial charge in [-0.05, 0) is 43.2 Å². The first-order chi connectivity index (χ1) is 9.20. The monoisotopic (exact) mass is 258 g/mol. The lowest BCUT2D eigenvalue weighted by Crippen LogP contribution is -2.26. The van der Waals surface area contributed by atoms with Crippen molar-refractivity contribution in [3.8, 4) is 0 Å². The highest BCUT2D eigenvalue weighted by Crippen LogP contribution is 2.24. The van der Waals surface area contributed by atoms with Gasteiger partial charge in [0.05, 0.1) is 0 Å². The molecule has 1 aromatic carbocycles. The summed E-state index contributed by atoms with van der Waals surface area (Å²) in [5.74, 6) is 0.858. The molecule has 2 heteroatoms. The molecule has 1 aliphatic heterocycles. The maximum Gasteiger partial charge on any atom is 0.0236 e. The third-order valence-electron chi connectivity index (χ3n) is 4.49. The molecule has 1 N–H and O–H groups in total. The molecule has 1 saturated heterocycles. The molecule has 1 aromatic rings. The molecule has 3 rings (SSSR count). The molecular formula is C17H26N2. The summed E-state index contributed by atoms with van der Waals surface area (Å²) in [6.07, 6.45) is 4.08. The fraction of sp³-hybridized carbons (Fsp3) is 0.647. The van der Waals surface area contributed by atoms with Crippen molar-refractivity contribution >= 4 is 0 Å². The fourth-order valence-electron chi connectivity index (χ4n) is 3.15. The Morgan fingerprint density at radius 2 is 1.79 bits per heavy atom. The summed E-state index contributed by atoms with van der Waals surface area (Å²) in [6, 6.07) is 10.7. The van der Waals surface area contributed by atoms with Crippen LogP contribution in [0.15, 0.2) is 24.3 Å². The second-order valence-corrected chi connectivity index (χ2v) is 6.59. The van der Waals surface area contributed by atoms with Crippen molar-refractivity contribution in [3.63, 3.8) is 0 Å². The van der Waals surface area contributed by atoms with E-state index in [0.717, 1.165) is 31.1 Å². The highest BCUT2D eigenvalue weighted by Gasteiger charge is 2.25. The number of likely N-dealkylation sites (tertiary alicyclic amines) is 1. The lowest BCUT2D eigenvalue weighted by Gasteiger charge is -2.21. The van der Waals surface area contributed by atoms with Gasteiger partial charge >= 0.3 is 0 Å². The molecule has 2 aliphatic rings. The van der Waals surface area contributed by atoms with Crippen LogP contribution in [-0.2, 0) is 13.1 Å². The van der Waals surface area contributed by atoms with Gasteiger partial charge in [-0.25, -0.2) is 0 Å². The van der Waals surface area contributed by atoms with E-state index in [1.807, 2.05) is 0 Å². The van der Waals surface area contributed by atoms with Crippen LogP contribution in [0.1, 0.15) is 44.2 Å². The van der Waals surface area contributed by atoms with Gasteiger partial charge in [-0.1, -0.05) is 31.2 Å². The van der Waals surface area contributed by atoms with Gasteiger partial charge in [0.2, 0.25) is 0 Å². The predicted molar refractivity (Wildman–Crippen MR) is 80.0 cm³/mol. The summed E-state index contributed by atoms with van der Waals surface area (Å²) in [5.41, 5.74) is 2.87. The lowest BCUT2D eigenvalue weighted by molar-refractivity contribution is 0.256. The highest BCUT2D eigenvalue weighted by atomic mass is 15.2. The van der Waals surface area contributed by atoms with Crippen LogP contribution >= 0.6 is 0 Å². The number of hydrogen-bond acceptors (Lipinski definition) is 2. The van der Waals surface area contributed by atoms with Gasteiger partial charge in [-0.3, -0.25) is 4.90 Å². The highest BCUT2D eigenvalue weighted by molar-refractivity contribution is 5.22. The minimum absolute atomic E-state index is 0.742. The van der Waals surface area contributed by atoms with Crippen LogP contribution in [0, 0.1) is 5.92 Å². The van der Waals surface area contributed by atoms with E-state index in [4.69, 9.17) is 0 Å². The van der Waals surface area contributed by atoms with Gasteiger partial charge in [-0.15, -0.1) is 0 Å². The third-order valence-corrected chi connectivity index (χ3v) is 4.49. The molecule has 0 aromatic heterocycles. The summed E-state index contributed by atoms with van der Waals surface area (Å²) >= 11 is 0. The van der Waals surface area contributed by atoms with Gasteiger partial charge in [0.15, 0.2) is 0 Å². The quantitative estimate of drug-likeness (QED) is 0.872. The molecule has 104 valence electrons. The van der Waals surface area contributed by atoms with E-state index in [1.54, 1.807) is 0 Å². The molecule has 0 amide bonds. The number of nitrogens with zero attached hydrogens (tertiary/aromatic N) is 1. The van der Waals surface area contributed by atoms with E-state index < -0.39 is 0 Å². The minimum Gasteiger partial charge on any atom is -0.310 e. The van der Waals surface area contributed by atoms with Crippen LogP contribution in [0.5, 0.6) is 0 Å². The maximum atomic E-state index is 3.57. The summed E-state index contributed by atoms with van der Waals surface area (Å²) in [6.45, 7) is 8.12. The predicted octanol–water partition coefficient (Wildman–Crippen LogP) is 3.17. The van der Waals surface area contributed by atoms with Crippen molar-refractivity contribution in [1.82, 2.24) is 10.2 Å². The van der Waals surface area contributed by atoms with E-state index in [1.165, 1.54) is 36.9 Å². The van der Waals surface area contributed by atoms with Crippen molar-refractivity contribution in [3.05, 3.63) is 35.4 Å². The van der Waals surface area contributed by atoms with E-state index in [9.17, 15) is 0 Å². The number of rotatable bonds is 5. The standard InChI is InChI=1S/C17H26N2/c1-13-9-14(2)19(11-13)12-16-5-3-15(4-6-16)10-18-17-7-8-17/h3-6,13-14,17-18H,7-12H2,1-2H3. The molecule has 2 atom stereocenters. The van der Waals surface area contributed by atoms with Crippen molar-refractivity contribution in [2.24, 2.45) is 5.92 Å². The zero-order chi connectivity index (χ0) is 13.2. The Bertz CT molecular complexity index is 408. The van der Waals surface area contributed by atoms with Crippen LogP contribution in [0.4, 0.5) is 0 Å². The van der Waals surface area contributed by atoms with Crippen molar-refractivity contribution < 1.29 is 0 Å². The molecule has 2 fully saturated rings. The van der Waals surface area contributed by atoms with E-state index in [-0.39, 0.29) is 0 Å². The van der Waals surface area contributed by atoms with Crippen molar-refractivity contribution in [2.45, 2.75) is 58.3 Å². The first-order valence-electron chi connectivity index (χ1n) is 7.76. The van der Waals surface area contributed by atoms with Gasteiger partial charge in [0, 0.05) is 31.7 Å². The summed E-state index contributed by atoms with van der Waals surface area (Å²) < 4.78 is 0. The molecule has 2 unspecified atom stereocenters. The molecular weight excluding hydrogens is 232 g/mol. The molecule has 2 nitrogen and oxygen atoms in total. The molecule has 19 heavy (non-hydrogen) atoms. The van der Waals surface area contributed by atoms with Gasteiger partial charge in [-0.2, -0.15) is 0 Å². The van der Waals surface area contributed by atoms with Crippen LogP contribution in [0.2, 0.25) is 0 Å². The van der Waals surface area contributed by atoms with Gasteiger partial charge in [0.25, 0.3) is 0 Å². The van der Waals surface area contributed by atoms with E-state index >= 15 is 0 Å². The fourth-order valence-corrected chi connectivity index (χ4v) is 3.15. The first kappa shape index (κ1) is 13.1.